The molecule has 112 valence electrons. The average molecular weight is 375 g/mol. The summed E-state index contributed by atoms with van der Waals surface area (Å²) in [4.78, 5) is 8.00. The Kier molecular flexibility index (Phi) is 6.56. The number of aromatic nitrogens is 2. The second-order valence-corrected chi connectivity index (χ2v) is 8.42. The number of halogens is 1. The molecular formula is C15H23BrN2S2. The summed E-state index contributed by atoms with van der Waals surface area (Å²) >= 11 is 11.0. The van der Waals surface area contributed by atoms with Crippen molar-refractivity contribution in [3.8, 4) is 0 Å². The SMILES string of the molecule is CC(C)Cc1[nH]c(CSC2CCCCC2)nc(=S)c1Br. The molecule has 0 aliphatic heterocycles. The van der Waals surface area contributed by atoms with Crippen molar-refractivity contribution < 1.29 is 0 Å². The lowest BCUT2D eigenvalue weighted by Crippen LogP contribution is -2.10. The largest absolute Gasteiger partial charge is 0.345 e. The highest BCUT2D eigenvalue weighted by Crippen LogP contribution is 2.30. The quantitative estimate of drug-likeness (QED) is 0.673. The minimum absolute atomic E-state index is 0.609. The standard InChI is InChI=1S/C15H23BrN2S2/c1-10(2)8-12-14(16)15(19)18-13(17-12)9-20-11-6-4-3-5-7-11/h10-11H,3-9H2,1-2H3,(H,17,18,19). The Bertz CT molecular complexity index is 493. The van der Waals surface area contributed by atoms with Gasteiger partial charge in [-0.05, 0) is 41.1 Å². The molecule has 0 amide bonds. The lowest BCUT2D eigenvalue weighted by atomic mass is 10.0. The van der Waals surface area contributed by atoms with E-state index < -0.39 is 0 Å². The molecule has 1 aliphatic carbocycles. The van der Waals surface area contributed by atoms with E-state index in [9.17, 15) is 0 Å². The Morgan fingerprint density at radius 2 is 2.05 bits per heavy atom. The fourth-order valence-electron chi connectivity index (χ4n) is 2.60. The van der Waals surface area contributed by atoms with Crippen molar-refractivity contribution in [1.29, 1.82) is 0 Å². The van der Waals surface area contributed by atoms with E-state index in [4.69, 9.17) is 12.2 Å². The normalized spacial score (nSPS) is 16.8. The first-order valence-electron chi connectivity index (χ1n) is 7.45. The van der Waals surface area contributed by atoms with Crippen LogP contribution < -0.4 is 0 Å². The van der Waals surface area contributed by atoms with Crippen LogP contribution in [0.4, 0.5) is 0 Å². The number of nitrogens with one attached hydrogen (secondary N) is 1. The summed E-state index contributed by atoms with van der Waals surface area (Å²) in [6.07, 6.45) is 7.92. The Balaban J connectivity index is 2.03. The molecule has 0 aromatic carbocycles. The van der Waals surface area contributed by atoms with Crippen molar-refractivity contribution in [3.63, 3.8) is 0 Å². The summed E-state index contributed by atoms with van der Waals surface area (Å²) in [7, 11) is 0. The molecule has 2 rings (SSSR count). The summed E-state index contributed by atoms with van der Waals surface area (Å²) in [5.74, 6) is 2.59. The first-order valence-corrected chi connectivity index (χ1v) is 9.70. The molecule has 1 N–H and O–H groups in total. The molecule has 1 aromatic rings. The summed E-state index contributed by atoms with van der Waals surface area (Å²) in [6.45, 7) is 4.44. The molecule has 0 spiro atoms. The van der Waals surface area contributed by atoms with Gasteiger partial charge in [-0.1, -0.05) is 45.3 Å². The highest BCUT2D eigenvalue weighted by atomic mass is 79.9. The molecule has 20 heavy (non-hydrogen) atoms. The van der Waals surface area contributed by atoms with Crippen molar-refractivity contribution >= 4 is 39.9 Å². The number of rotatable bonds is 5. The minimum atomic E-state index is 0.609. The van der Waals surface area contributed by atoms with E-state index in [1.165, 1.54) is 37.8 Å². The number of hydrogen-bond acceptors (Lipinski definition) is 3. The van der Waals surface area contributed by atoms with Gasteiger partial charge in [-0.25, -0.2) is 4.98 Å². The molecule has 5 heteroatoms. The fraction of sp³-hybridized carbons (Fsp3) is 0.733. The minimum Gasteiger partial charge on any atom is -0.345 e. The molecule has 0 unspecified atom stereocenters. The molecule has 0 saturated heterocycles. The van der Waals surface area contributed by atoms with Crippen LogP contribution in [0, 0.1) is 10.6 Å². The Morgan fingerprint density at radius 3 is 2.70 bits per heavy atom. The molecule has 0 atom stereocenters. The molecule has 1 heterocycles. The van der Waals surface area contributed by atoms with Gasteiger partial charge in [0, 0.05) is 10.9 Å². The molecule has 1 saturated carbocycles. The van der Waals surface area contributed by atoms with Gasteiger partial charge in [-0.3, -0.25) is 0 Å². The van der Waals surface area contributed by atoms with E-state index in [0.29, 0.717) is 10.6 Å². The van der Waals surface area contributed by atoms with Gasteiger partial charge >= 0.3 is 0 Å². The van der Waals surface area contributed by atoms with E-state index in [2.05, 4.69) is 39.7 Å². The maximum absolute atomic E-state index is 5.36. The molecule has 1 aliphatic rings. The second kappa shape index (κ2) is 7.95. The zero-order valence-electron chi connectivity index (χ0n) is 12.2. The number of thioether (sulfide) groups is 1. The van der Waals surface area contributed by atoms with Crippen LogP contribution in [0.3, 0.4) is 0 Å². The molecule has 1 fully saturated rings. The van der Waals surface area contributed by atoms with Gasteiger partial charge in [0.15, 0.2) is 0 Å². The second-order valence-electron chi connectivity index (χ2n) is 5.95. The first-order chi connectivity index (χ1) is 9.56. The van der Waals surface area contributed by atoms with Crippen LogP contribution in [0.5, 0.6) is 0 Å². The van der Waals surface area contributed by atoms with Crippen LogP contribution in [0.1, 0.15) is 57.5 Å². The summed E-state index contributed by atoms with van der Waals surface area (Å²) in [5.41, 5.74) is 1.19. The van der Waals surface area contributed by atoms with Gasteiger partial charge in [-0.15, -0.1) is 0 Å². The Labute approximate surface area is 139 Å². The molecule has 0 bridgehead atoms. The summed E-state index contributed by atoms with van der Waals surface area (Å²) < 4.78 is 1.66. The van der Waals surface area contributed by atoms with Gasteiger partial charge in [0.2, 0.25) is 0 Å². The fourth-order valence-corrected chi connectivity index (χ4v) is 4.38. The van der Waals surface area contributed by atoms with Crippen LogP contribution in [-0.2, 0) is 12.2 Å². The smallest absolute Gasteiger partial charge is 0.144 e. The summed E-state index contributed by atoms with van der Waals surface area (Å²) in [5, 5.41) is 0.810. The van der Waals surface area contributed by atoms with Crippen molar-refractivity contribution in [2.24, 2.45) is 5.92 Å². The highest BCUT2D eigenvalue weighted by Gasteiger charge is 2.15. The predicted molar refractivity (Wildman–Crippen MR) is 93.8 cm³/mol. The number of aromatic amines is 1. The van der Waals surface area contributed by atoms with Gasteiger partial charge in [-0.2, -0.15) is 11.8 Å². The van der Waals surface area contributed by atoms with Crippen LogP contribution in [-0.4, -0.2) is 15.2 Å². The van der Waals surface area contributed by atoms with Gasteiger partial charge in [0.05, 0.1) is 10.2 Å². The topological polar surface area (TPSA) is 28.7 Å². The number of H-pyrrole nitrogens is 1. The van der Waals surface area contributed by atoms with Crippen LogP contribution in [0.15, 0.2) is 4.47 Å². The third kappa shape index (κ3) is 4.85. The number of nitrogens with zero attached hydrogens (tertiary/aromatic N) is 1. The van der Waals surface area contributed by atoms with Crippen molar-refractivity contribution in [3.05, 3.63) is 20.6 Å². The van der Waals surface area contributed by atoms with Gasteiger partial charge < -0.3 is 4.98 Å². The molecular weight excluding hydrogens is 352 g/mol. The summed E-state index contributed by atoms with van der Waals surface area (Å²) in [6, 6.07) is 0. The lowest BCUT2D eigenvalue weighted by molar-refractivity contribution is 0.516. The van der Waals surface area contributed by atoms with E-state index in [0.717, 1.165) is 27.7 Å². The molecule has 0 radical (unpaired) electrons. The lowest BCUT2D eigenvalue weighted by Gasteiger charge is -2.20. The third-order valence-corrected chi connectivity index (χ3v) is 6.40. The Hall–Kier alpha value is 0.130. The van der Waals surface area contributed by atoms with Crippen LogP contribution in [0.2, 0.25) is 0 Å². The van der Waals surface area contributed by atoms with Crippen molar-refractivity contribution in [2.75, 3.05) is 0 Å². The maximum Gasteiger partial charge on any atom is 0.144 e. The van der Waals surface area contributed by atoms with Gasteiger partial charge in [0.1, 0.15) is 10.5 Å². The third-order valence-electron chi connectivity index (χ3n) is 3.60. The van der Waals surface area contributed by atoms with Crippen LogP contribution >= 0.6 is 39.9 Å². The first kappa shape index (κ1) is 16.5. The highest BCUT2D eigenvalue weighted by molar-refractivity contribution is 9.10. The van der Waals surface area contributed by atoms with E-state index in [-0.39, 0.29) is 0 Å². The zero-order valence-corrected chi connectivity index (χ0v) is 15.5. The van der Waals surface area contributed by atoms with E-state index in [1.807, 2.05) is 11.8 Å². The van der Waals surface area contributed by atoms with Crippen molar-refractivity contribution in [1.82, 2.24) is 9.97 Å². The zero-order chi connectivity index (χ0) is 14.5. The van der Waals surface area contributed by atoms with E-state index in [1.54, 1.807) is 0 Å². The molecule has 2 nitrogen and oxygen atoms in total. The maximum atomic E-state index is 5.36. The molecule has 1 aromatic heterocycles. The van der Waals surface area contributed by atoms with E-state index >= 15 is 0 Å². The van der Waals surface area contributed by atoms with Crippen LogP contribution in [0.25, 0.3) is 0 Å². The van der Waals surface area contributed by atoms with Crippen molar-refractivity contribution in [2.45, 2.75) is 63.4 Å². The van der Waals surface area contributed by atoms with Gasteiger partial charge in [0.25, 0.3) is 0 Å². The number of hydrogen-bond donors (Lipinski definition) is 1. The monoisotopic (exact) mass is 374 g/mol. The predicted octanol–water partition coefficient (Wildman–Crippen LogP) is 5.67. The average Bonchev–Trinajstić information content (AvgIpc) is 2.42. The Morgan fingerprint density at radius 1 is 1.35 bits per heavy atom.